The first-order valence-electron chi connectivity index (χ1n) is 53.8. The third-order valence-electron chi connectivity index (χ3n) is 28.0. The van der Waals surface area contributed by atoms with E-state index in [1.54, 1.807) is 14.2 Å². The van der Waals surface area contributed by atoms with Crippen LogP contribution in [-0.2, 0) is 85.1 Å². The van der Waals surface area contributed by atoms with Crippen LogP contribution in [0.15, 0.2) is 62.0 Å². The number of halogens is 1. The molecule has 7 unspecified atom stereocenters. The molecular formula is C108H177FN26O13. The predicted octanol–water partition coefficient (Wildman–Crippen LogP) is 14.8. The minimum atomic E-state index is -0.348. The Kier molecular flexibility index (Phi) is 42.1. The van der Waals surface area contributed by atoms with Gasteiger partial charge < -0.3 is 83.4 Å². The number of aromatic nitrogens is 20. The monoisotopic (exact) mass is 2070 g/mol. The maximum absolute atomic E-state index is 12.0. The Morgan fingerprint density at radius 2 is 0.777 bits per heavy atom. The maximum Gasteiger partial charge on any atom is 0.216 e. The number of methoxy groups -OCH3 is 2. The molecule has 40 heteroatoms. The molecule has 1 amide bonds. The lowest BCUT2D eigenvalue weighted by molar-refractivity contribution is -0.119. The van der Waals surface area contributed by atoms with Crippen molar-refractivity contribution in [1.82, 2.24) is 124 Å². The maximum atomic E-state index is 12.0. The van der Waals surface area contributed by atoms with Gasteiger partial charge in [0.2, 0.25) is 64.7 Å². The molecule has 21 heterocycles. The summed E-state index contributed by atoms with van der Waals surface area (Å²) in [4.78, 5) is 15.4. The molecule has 21 rings (SSSR count). The number of alkyl halides is 1. The van der Waals surface area contributed by atoms with E-state index < -0.39 is 0 Å². The highest BCUT2D eigenvalue weighted by Crippen LogP contribution is 2.40. The number of amides is 1. The third-order valence-corrected chi connectivity index (χ3v) is 28.0. The number of ether oxygens (including phenoxy) is 12. The zero-order valence-corrected chi connectivity index (χ0v) is 94.2. The van der Waals surface area contributed by atoms with Gasteiger partial charge in [-0.3, -0.25) is 9.69 Å². The number of carbonyl (C=O) groups excluding carboxylic acids is 1. The van der Waals surface area contributed by atoms with Crippen molar-refractivity contribution in [2.45, 2.75) is 346 Å². The predicted molar refractivity (Wildman–Crippen MR) is 570 cm³/mol. The lowest BCUT2D eigenvalue weighted by Gasteiger charge is -2.44. The highest BCUT2D eigenvalue weighted by Gasteiger charge is 2.39. The summed E-state index contributed by atoms with van der Waals surface area (Å²) in [5, 5.41) is 52.5. The molecule has 1 fully saturated rings. The summed E-state index contributed by atoms with van der Waals surface area (Å²) in [6.07, 6.45) is 23.0. The fourth-order valence-corrected chi connectivity index (χ4v) is 18.3. The molecule has 0 radical (unpaired) electrons. The normalized spacial score (nSPS) is 20.0. The van der Waals surface area contributed by atoms with Crippen molar-refractivity contribution in [2.75, 3.05) is 141 Å². The van der Waals surface area contributed by atoms with Crippen LogP contribution in [0.5, 0.6) is 58.8 Å². The van der Waals surface area contributed by atoms with Crippen LogP contribution in [-0.4, -0.2) is 291 Å². The van der Waals surface area contributed by atoms with E-state index in [9.17, 15) is 9.18 Å². The summed E-state index contributed by atoms with van der Waals surface area (Å²) in [7, 11) is 9.58. The summed E-state index contributed by atoms with van der Waals surface area (Å²) in [5.41, 5.74) is 17.9. The molecule has 1 saturated heterocycles. The average molecular weight is 2070 g/mol. The molecule has 5 N–H and O–H groups in total. The van der Waals surface area contributed by atoms with Crippen LogP contribution in [0, 0.1) is 17.3 Å². The van der Waals surface area contributed by atoms with E-state index >= 15 is 0 Å². The number of likely N-dealkylation sites (tertiary alicyclic amines) is 1. The minimum Gasteiger partial charge on any atom is -0.478 e. The summed E-state index contributed by atoms with van der Waals surface area (Å²) >= 11 is 0. The molecule has 7 atom stereocenters. The summed E-state index contributed by atoms with van der Waals surface area (Å²) in [6.45, 7) is 70.9. The van der Waals surface area contributed by atoms with E-state index in [4.69, 9.17) is 62.6 Å². The molecule has 0 saturated carbocycles. The third kappa shape index (κ3) is 30.4. The van der Waals surface area contributed by atoms with Gasteiger partial charge in [0, 0.05) is 146 Å². The quantitative estimate of drug-likeness (QED) is 0.0550. The summed E-state index contributed by atoms with van der Waals surface area (Å²) < 4.78 is 99.2. The van der Waals surface area contributed by atoms with Crippen LogP contribution in [0.2, 0.25) is 0 Å². The van der Waals surface area contributed by atoms with E-state index in [0.29, 0.717) is 129 Å². The SMILES string of the molecule is CC(=O)NCC1COc2c(C(C)C)cnn2C1.CC(C)(C)c1cnn2c1OCCCC2.CC(C)c1cnn2c1OCC(C)(C)C2.CC(C)c1cnn2c1OCC(CN)C2.CC(C)c1cnn2c1OCC(N(C)C)C2.CC(C)c1cnn2c1OCC(NCCF)C2.CC(C)c1cnn2c1OCCC2.CNC1COc2c(C(C)C)cnn2C1.COC1CN(C2COc3c(C(C)C)cnn3C2)C1.COC1COc2c(C(C)C)cnn2C1. The second-order valence-corrected chi connectivity index (χ2v) is 45.1. The second-order valence-electron chi connectivity index (χ2n) is 45.1. The zero-order chi connectivity index (χ0) is 107. The Morgan fingerprint density at radius 1 is 0.419 bits per heavy atom. The molecule has 39 nitrogen and oxygen atoms in total. The average Bonchev–Trinajstić information content (AvgIpc) is 1.51. The van der Waals surface area contributed by atoms with Crippen LogP contribution in [0.25, 0.3) is 0 Å². The summed E-state index contributed by atoms with van der Waals surface area (Å²) in [5.74, 6) is 14.3. The van der Waals surface area contributed by atoms with Gasteiger partial charge in [0.05, 0.1) is 178 Å². The number of hydrogen-bond acceptors (Lipinski definition) is 28. The number of nitrogens with two attached hydrogens (primary N) is 1. The molecule has 0 bridgehead atoms. The molecule has 0 aromatic carbocycles. The van der Waals surface area contributed by atoms with Gasteiger partial charge in [-0.25, -0.2) is 51.2 Å². The van der Waals surface area contributed by atoms with Crippen molar-refractivity contribution < 1.29 is 66.0 Å². The van der Waals surface area contributed by atoms with Crippen molar-refractivity contribution in [3.05, 3.63) is 118 Å². The highest BCUT2D eigenvalue weighted by molar-refractivity contribution is 5.72. The van der Waals surface area contributed by atoms with Crippen molar-refractivity contribution in [1.29, 1.82) is 0 Å². The first kappa shape index (κ1) is 116. The molecular weight excluding hydrogens is 1890 g/mol. The number of hydrogen-bond donors (Lipinski definition) is 4. The van der Waals surface area contributed by atoms with Gasteiger partial charge in [0.1, 0.15) is 45.8 Å². The van der Waals surface area contributed by atoms with Gasteiger partial charge in [-0.05, 0) is 92.7 Å². The largest absolute Gasteiger partial charge is 0.478 e. The fourth-order valence-electron chi connectivity index (χ4n) is 18.3. The molecule has 0 aliphatic carbocycles. The van der Waals surface area contributed by atoms with E-state index in [0.717, 1.165) is 214 Å². The molecule has 148 heavy (non-hydrogen) atoms. The van der Waals surface area contributed by atoms with Crippen molar-refractivity contribution >= 4 is 5.91 Å². The number of nitrogens with one attached hydrogen (secondary N) is 3. The lowest BCUT2D eigenvalue weighted by atomic mass is 9.89. The molecule has 11 aliphatic rings. The Bertz CT molecular complexity index is 5540. The number of fused-ring (bicyclic) bond motifs is 10. The topological polar surface area (TPSA) is 375 Å². The van der Waals surface area contributed by atoms with E-state index in [1.807, 2.05) is 116 Å². The Labute approximate surface area is 877 Å². The van der Waals surface area contributed by atoms with Crippen LogP contribution in [0.1, 0.15) is 294 Å². The fraction of sp³-hybridized carbons (Fsp3) is 0.713. The first-order valence-corrected chi connectivity index (χ1v) is 53.8. The van der Waals surface area contributed by atoms with Gasteiger partial charge in [-0.2, -0.15) is 51.0 Å². The number of likely N-dealkylation sites (N-methyl/N-ethyl adjacent to an activating group) is 2. The summed E-state index contributed by atoms with van der Waals surface area (Å²) in [6, 6.07) is 1.40. The molecule has 11 aliphatic heterocycles. The first-order chi connectivity index (χ1) is 70.6. The smallest absolute Gasteiger partial charge is 0.216 e. The van der Waals surface area contributed by atoms with E-state index in [-0.39, 0.29) is 35.6 Å². The van der Waals surface area contributed by atoms with Gasteiger partial charge >= 0.3 is 0 Å². The standard InChI is InChI=1S/C13H21N3O2.C12H19N3O2.C11H18FN3O.C11H19N3O.2C11H18N2O.2C10H17N3O.C10H16N2O2.C9H14N2O/c1-9(2)12-4-14-16-5-10(8-18-13(12)16)15-6-11(7-15)17-3;1-8(2)11-5-14-15-6-10(4-13-9(3)16)7-17-12(11)15;1-8(2)10-5-14-15-6-9(13-4-3-12)7-16-11(10)15;1-8(2)10-5-12-14-6-9(13(3)4)7-15-11(10)14;1-8(2)9-5-12-13-6-11(3,4)7-14-10(9)13;1-11(2,3)9-8-12-13-6-4-5-7-14-10(9)13;1-7(2)9-4-12-13-5-8(11-3)6-14-10(9)13;1-7(2)9-4-12-13-5-8(3-11)6-14-10(9)13;1-7(2)9-4-11-12-5-8(13-3)6-14-10(9)12;1-7(2)8-6-10-11-4-3-5-12-9(8)11/h4,9-11H,5-8H2,1-3H3;5,8,10H,4,6-7H2,1-3H3,(H,13,16);5,8-9,13H,3-4,6-7H2,1-2H3;5,8-9H,6-7H2,1-4H3;5,8H,6-7H2,1-4H3;8H,4-7H2,1-3H3;4,7-8,11H,5-6H2,1-3H3;4,7-8H,3,5-6,11H2,1-2H3;4,7-8H,5-6H2,1-3H3;6-7H,3-5H2,1-2H3. The lowest BCUT2D eigenvalue weighted by Crippen LogP contribution is -2.59. The number of rotatable bonds is 20. The van der Waals surface area contributed by atoms with Crippen LogP contribution < -0.4 is 69.1 Å². The molecule has 824 valence electrons. The Hall–Kier alpha value is -10.8. The Balaban J connectivity index is 0.000000146. The van der Waals surface area contributed by atoms with Crippen molar-refractivity contribution in [3.63, 3.8) is 0 Å². The van der Waals surface area contributed by atoms with E-state index in [2.05, 4.69) is 250 Å². The van der Waals surface area contributed by atoms with Crippen LogP contribution in [0.3, 0.4) is 0 Å². The van der Waals surface area contributed by atoms with Crippen molar-refractivity contribution in [2.24, 2.45) is 23.0 Å². The minimum absolute atomic E-state index is 0.000804. The number of aryl methyl sites for hydroxylation is 2. The van der Waals surface area contributed by atoms with Gasteiger partial charge in [0.25, 0.3) is 0 Å². The van der Waals surface area contributed by atoms with Crippen molar-refractivity contribution in [3.8, 4) is 58.8 Å². The number of carbonyl (C=O) groups is 1. The number of nitrogens with zero attached hydrogens (tertiary/aromatic N) is 22. The zero-order valence-electron chi connectivity index (χ0n) is 94.2. The molecule has 10 aromatic rings. The van der Waals surface area contributed by atoms with E-state index in [1.165, 1.54) is 51.4 Å². The molecule has 10 aromatic heterocycles. The second kappa shape index (κ2) is 53.8. The van der Waals surface area contributed by atoms with Crippen LogP contribution >= 0.6 is 0 Å². The van der Waals surface area contributed by atoms with Crippen LogP contribution in [0.4, 0.5) is 4.39 Å². The highest BCUT2D eigenvalue weighted by atomic mass is 19.1. The molecule has 0 spiro atoms. The van der Waals surface area contributed by atoms with Gasteiger partial charge in [0.15, 0.2) is 0 Å². The Morgan fingerprint density at radius 3 is 1.22 bits per heavy atom. The van der Waals surface area contributed by atoms with Gasteiger partial charge in [-0.1, -0.05) is 159 Å². The van der Waals surface area contributed by atoms with Gasteiger partial charge in [-0.15, -0.1) is 0 Å².